The molecule has 0 aromatic carbocycles. The standard InChI is InChI=1S/9CH4.H3P.3Sn/h9*1H4;1H3;;;. The van der Waals surface area contributed by atoms with Gasteiger partial charge in [-0.15, -0.1) is 0 Å². The largest absolute Gasteiger partial charge is 0.153 e. The molecule has 0 amide bonds. The van der Waals surface area contributed by atoms with Gasteiger partial charge in [0, 0.05) is 71.7 Å². The number of hydrogen-bond donors (Lipinski definition) is 0. The minimum atomic E-state index is 0. The van der Waals surface area contributed by atoms with Gasteiger partial charge in [-0.1, -0.05) is 66.8 Å². The van der Waals surface area contributed by atoms with Crippen molar-refractivity contribution in [2.75, 3.05) is 0 Å². The van der Waals surface area contributed by atoms with Gasteiger partial charge in [-0.2, -0.15) is 9.90 Å². The fraction of sp³-hybridized carbons (Fsp3) is 1.00. The monoisotopic (exact) mass is 538 g/mol. The average molecular weight is 535 g/mol. The van der Waals surface area contributed by atoms with Gasteiger partial charge in [0.1, 0.15) is 0 Å². The predicted molar refractivity (Wildman–Crippen MR) is 88.9 cm³/mol. The zero-order valence-electron chi connectivity index (χ0n) is 2.21. The molecule has 1 unspecified atom stereocenters. The Morgan fingerprint density at radius 1 is 0.231 bits per heavy atom. The van der Waals surface area contributed by atoms with E-state index in [1.54, 1.807) is 0 Å². The van der Waals surface area contributed by atoms with E-state index in [4.69, 9.17) is 0 Å². The molecule has 12 radical (unpaired) electrons. The van der Waals surface area contributed by atoms with Crippen LogP contribution in [0.15, 0.2) is 0 Å². The van der Waals surface area contributed by atoms with Crippen molar-refractivity contribution in [1.82, 2.24) is 0 Å². The summed E-state index contributed by atoms with van der Waals surface area (Å²) in [6.07, 6.45) is 0. The maximum atomic E-state index is 0. The van der Waals surface area contributed by atoms with E-state index >= 15 is 0 Å². The van der Waals surface area contributed by atoms with Crippen LogP contribution in [0, 0.1) is 0 Å². The molecule has 0 bridgehead atoms. The van der Waals surface area contributed by atoms with Crippen LogP contribution in [0.5, 0.6) is 0 Å². The molecule has 0 aromatic heterocycles. The van der Waals surface area contributed by atoms with Crippen LogP contribution in [0.25, 0.3) is 0 Å². The third-order valence-electron chi connectivity index (χ3n) is 0. The topological polar surface area (TPSA) is 0 Å². The smallest absolute Gasteiger partial charge is 0 e. The second-order valence-electron chi connectivity index (χ2n) is 0. The van der Waals surface area contributed by atoms with Crippen molar-refractivity contribution in [3.63, 3.8) is 0 Å². The predicted octanol–water partition coefficient (Wildman–Crippen LogP) is 4.64. The van der Waals surface area contributed by atoms with Gasteiger partial charge >= 0.3 is 0 Å². The van der Waals surface area contributed by atoms with Crippen LogP contribution in [0.3, 0.4) is 0 Å². The van der Waals surface area contributed by atoms with Crippen LogP contribution >= 0.6 is 9.90 Å². The average Bonchev–Trinajstić information content (AvgIpc) is 0. The molecular weight excluding hydrogens is 495 g/mol. The summed E-state index contributed by atoms with van der Waals surface area (Å²) in [5.74, 6) is 0. The second-order valence-corrected chi connectivity index (χ2v) is 0. The molecule has 0 heterocycles. The molecule has 1 atom stereocenters. The van der Waals surface area contributed by atoms with Gasteiger partial charge in [0.15, 0.2) is 0 Å². The Balaban J connectivity index is 0. The Morgan fingerprint density at radius 2 is 0.231 bits per heavy atom. The van der Waals surface area contributed by atoms with Crippen molar-refractivity contribution in [1.29, 1.82) is 0 Å². The molecule has 0 rings (SSSR count). The SMILES string of the molecule is C.C.C.C.C.C.C.C.C.P.[Sn].[Sn].[Sn]. The first kappa shape index (κ1) is 436. The zero-order valence-corrected chi connectivity index (χ0v) is 12.2. The van der Waals surface area contributed by atoms with Crippen LogP contribution < -0.4 is 0 Å². The van der Waals surface area contributed by atoms with Crippen LogP contribution in [0.2, 0.25) is 0 Å². The van der Waals surface area contributed by atoms with E-state index in [0.717, 1.165) is 0 Å². The summed E-state index contributed by atoms with van der Waals surface area (Å²) in [5, 5.41) is 0. The van der Waals surface area contributed by atoms with Crippen molar-refractivity contribution in [3.8, 4) is 0 Å². The van der Waals surface area contributed by atoms with Gasteiger partial charge < -0.3 is 0 Å². The van der Waals surface area contributed by atoms with E-state index in [2.05, 4.69) is 0 Å². The van der Waals surface area contributed by atoms with Crippen LogP contribution in [0.1, 0.15) is 66.8 Å². The van der Waals surface area contributed by atoms with Crippen molar-refractivity contribution < 1.29 is 0 Å². The first-order valence-corrected chi connectivity index (χ1v) is 0. The Labute approximate surface area is 147 Å². The first-order chi connectivity index (χ1) is 0. The molecule has 0 aliphatic carbocycles. The van der Waals surface area contributed by atoms with Crippen molar-refractivity contribution in [2.45, 2.75) is 66.8 Å². The first-order valence-electron chi connectivity index (χ1n) is 0. The van der Waals surface area contributed by atoms with Crippen LogP contribution in [0.4, 0.5) is 0 Å². The van der Waals surface area contributed by atoms with Crippen LogP contribution in [-0.4, -0.2) is 71.7 Å². The Kier molecular flexibility index (Phi) is 11900. The van der Waals surface area contributed by atoms with E-state index in [9.17, 15) is 0 Å². The number of rotatable bonds is 0. The zero-order chi connectivity index (χ0) is 0. The van der Waals surface area contributed by atoms with Crippen molar-refractivity contribution in [3.05, 3.63) is 0 Å². The summed E-state index contributed by atoms with van der Waals surface area (Å²) in [4.78, 5) is 0. The van der Waals surface area contributed by atoms with Crippen LogP contribution in [-0.2, 0) is 0 Å². The van der Waals surface area contributed by atoms with Crippen molar-refractivity contribution in [2.24, 2.45) is 0 Å². The molecule has 0 aliphatic rings. The molecule has 0 nitrogen and oxygen atoms in total. The van der Waals surface area contributed by atoms with E-state index in [-0.39, 0.29) is 148 Å². The molecule has 0 aromatic rings. The molecule has 0 saturated heterocycles. The minimum absolute atomic E-state index is 0. The molecular formula is C9H39PSn3. The second kappa shape index (κ2) is 355. The molecule has 0 aliphatic heterocycles. The van der Waals surface area contributed by atoms with Crippen molar-refractivity contribution >= 4 is 81.6 Å². The third kappa shape index (κ3) is 305. The quantitative estimate of drug-likeness (QED) is 0.314. The summed E-state index contributed by atoms with van der Waals surface area (Å²) in [6.45, 7) is 0. The summed E-state index contributed by atoms with van der Waals surface area (Å²) < 4.78 is 0. The Hall–Kier alpha value is 2.83. The molecule has 0 N–H and O–H groups in total. The van der Waals surface area contributed by atoms with Gasteiger partial charge in [-0.3, -0.25) is 0 Å². The summed E-state index contributed by atoms with van der Waals surface area (Å²) in [7, 11) is 0. The van der Waals surface area contributed by atoms with Gasteiger partial charge in [-0.05, 0) is 0 Å². The summed E-state index contributed by atoms with van der Waals surface area (Å²) in [5.41, 5.74) is 0. The molecule has 0 fully saturated rings. The third-order valence-corrected chi connectivity index (χ3v) is 0. The molecule has 13 heavy (non-hydrogen) atoms. The van der Waals surface area contributed by atoms with E-state index in [1.807, 2.05) is 0 Å². The fourth-order valence-electron chi connectivity index (χ4n) is 0. The minimum Gasteiger partial charge on any atom is -0.153 e. The number of hydrogen-bond acceptors (Lipinski definition) is 0. The summed E-state index contributed by atoms with van der Waals surface area (Å²) in [6, 6.07) is 0. The van der Waals surface area contributed by atoms with Gasteiger partial charge in [0.05, 0.1) is 0 Å². The fourth-order valence-corrected chi connectivity index (χ4v) is 0. The van der Waals surface area contributed by atoms with Gasteiger partial charge in [0.2, 0.25) is 0 Å². The maximum Gasteiger partial charge on any atom is 0 e. The summed E-state index contributed by atoms with van der Waals surface area (Å²) >= 11 is 0. The normalized spacial score (nSPS) is 0. The molecule has 0 spiro atoms. The van der Waals surface area contributed by atoms with Gasteiger partial charge in [-0.25, -0.2) is 0 Å². The van der Waals surface area contributed by atoms with E-state index < -0.39 is 0 Å². The molecule has 92 valence electrons. The Morgan fingerprint density at radius 3 is 0.231 bits per heavy atom. The van der Waals surface area contributed by atoms with E-state index in [1.165, 1.54) is 0 Å². The molecule has 4 heteroatoms. The molecule has 0 saturated carbocycles. The van der Waals surface area contributed by atoms with E-state index in [0.29, 0.717) is 0 Å². The van der Waals surface area contributed by atoms with Gasteiger partial charge in [0.25, 0.3) is 0 Å². The maximum absolute atomic E-state index is 0. The Bertz CT molecular complexity index is 14.8.